The van der Waals surface area contributed by atoms with Crippen molar-refractivity contribution in [1.29, 1.82) is 0 Å². The Morgan fingerprint density at radius 2 is 1.77 bits per heavy atom. The molecule has 0 bridgehead atoms. The maximum Gasteiger partial charge on any atom is 0.235 e. The van der Waals surface area contributed by atoms with E-state index in [0.717, 1.165) is 5.56 Å². The molecule has 11 heteroatoms. The average Bonchev–Trinajstić information content (AvgIpc) is 2.90. The van der Waals surface area contributed by atoms with Crippen LogP contribution >= 0.6 is 11.6 Å². The standard InChI is InChI=1S/C28H25ClN2O8/c29-10-19(33)31-11-14-8-16(12-4-2-1-3-5-12)17-7-13-6-15-9-18(32)22(27(30)38)26(37)28(15,39)25(36)20(13)24(35)21(17)23(14)34/h1-5,8,13,15,20,22,34,39H,6-7,9-11H2,(H2,30,38)(H,31,33)/t13-,15+,20?,22?,28+/m1/s1. The fraction of sp³-hybridized carbons (Fsp3) is 0.357. The molecule has 2 amide bonds. The van der Waals surface area contributed by atoms with Gasteiger partial charge in [-0.2, -0.15) is 0 Å². The number of phenolic OH excluding ortho intramolecular Hbond substituents is 1. The van der Waals surface area contributed by atoms with Gasteiger partial charge in [0.05, 0.1) is 11.5 Å². The molecule has 3 aliphatic rings. The molecular weight excluding hydrogens is 528 g/mol. The van der Waals surface area contributed by atoms with Crippen LogP contribution in [-0.2, 0) is 36.9 Å². The van der Waals surface area contributed by atoms with E-state index in [-0.39, 0.29) is 36.4 Å². The molecule has 0 saturated heterocycles. The number of ketones is 4. The van der Waals surface area contributed by atoms with Crippen molar-refractivity contribution < 1.29 is 39.0 Å². The summed E-state index contributed by atoms with van der Waals surface area (Å²) >= 11 is 5.57. The van der Waals surface area contributed by atoms with Crippen LogP contribution in [0, 0.1) is 23.7 Å². The Labute approximate surface area is 227 Å². The van der Waals surface area contributed by atoms with Gasteiger partial charge in [0, 0.05) is 24.4 Å². The lowest BCUT2D eigenvalue weighted by atomic mass is 9.53. The predicted octanol–water partition coefficient (Wildman–Crippen LogP) is 0.849. The quantitative estimate of drug-likeness (QED) is 0.311. The molecule has 0 heterocycles. The van der Waals surface area contributed by atoms with Crippen molar-refractivity contribution in [2.45, 2.75) is 31.4 Å². The third-order valence-electron chi connectivity index (χ3n) is 8.16. The van der Waals surface area contributed by atoms with Crippen LogP contribution in [0.1, 0.15) is 34.3 Å². The van der Waals surface area contributed by atoms with Gasteiger partial charge >= 0.3 is 0 Å². The third kappa shape index (κ3) is 4.06. The topological polar surface area (TPSA) is 181 Å². The summed E-state index contributed by atoms with van der Waals surface area (Å²) in [5, 5.41) is 25.1. The molecule has 0 aliphatic heterocycles. The fourth-order valence-corrected chi connectivity index (χ4v) is 6.44. The number of primary amides is 1. The second-order valence-corrected chi connectivity index (χ2v) is 10.6. The SMILES string of the molecule is NC(=O)C1C(=O)C[C@@H]2C[C@@H]3Cc4c(-c5ccccc5)cc(CNC(=O)CCl)c(O)c4C(=O)C3C(=O)[C@]2(O)C1=O. The first-order valence-electron chi connectivity index (χ1n) is 12.4. The van der Waals surface area contributed by atoms with E-state index in [0.29, 0.717) is 11.1 Å². The molecule has 3 aliphatic carbocycles. The van der Waals surface area contributed by atoms with Crippen LogP contribution in [0.5, 0.6) is 5.75 Å². The number of nitrogens with one attached hydrogen (secondary N) is 1. The number of Topliss-reactive ketones (excluding diaryl/α,β-unsaturated/α-hetero) is 4. The Kier molecular flexibility index (Phi) is 6.64. The average molecular weight is 553 g/mol. The molecule has 0 spiro atoms. The number of aromatic hydroxyl groups is 1. The van der Waals surface area contributed by atoms with Crippen LogP contribution in [-0.4, -0.2) is 56.6 Å². The van der Waals surface area contributed by atoms with Gasteiger partial charge in [-0.3, -0.25) is 28.8 Å². The molecule has 2 unspecified atom stereocenters. The monoisotopic (exact) mass is 552 g/mol. The number of alkyl halides is 1. The lowest BCUT2D eigenvalue weighted by molar-refractivity contribution is -0.175. The molecule has 0 radical (unpaired) electrons. The van der Waals surface area contributed by atoms with Crippen LogP contribution in [0.4, 0.5) is 0 Å². The summed E-state index contributed by atoms with van der Waals surface area (Å²) in [6, 6.07) is 10.7. The highest BCUT2D eigenvalue weighted by Crippen LogP contribution is 2.51. The van der Waals surface area contributed by atoms with Gasteiger partial charge in [0.25, 0.3) is 0 Å². The van der Waals surface area contributed by atoms with Crippen molar-refractivity contribution in [3.05, 3.63) is 53.1 Å². The normalized spacial score (nSPS) is 27.8. The molecule has 0 aromatic heterocycles. The van der Waals surface area contributed by atoms with Crippen LogP contribution < -0.4 is 11.1 Å². The van der Waals surface area contributed by atoms with Crippen LogP contribution in [0.15, 0.2) is 36.4 Å². The molecule has 10 nitrogen and oxygen atoms in total. The fourth-order valence-electron chi connectivity index (χ4n) is 6.34. The Hall–Kier alpha value is -3.89. The van der Waals surface area contributed by atoms with Gasteiger partial charge in [-0.15, -0.1) is 11.6 Å². The van der Waals surface area contributed by atoms with Gasteiger partial charge in [-0.25, -0.2) is 0 Å². The zero-order chi connectivity index (χ0) is 28.2. The molecule has 39 heavy (non-hydrogen) atoms. The highest BCUT2D eigenvalue weighted by molar-refractivity contribution is 6.31. The number of nitrogens with two attached hydrogens (primary N) is 1. The lowest BCUT2D eigenvalue weighted by Gasteiger charge is -2.48. The second-order valence-electron chi connectivity index (χ2n) is 10.3. The summed E-state index contributed by atoms with van der Waals surface area (Å²) in [4.78, 5) is 76.9. The summed E-state index contributed by atoms with van der Waals surface area (Å²) < 4.78 is 0. The van der Waals surface area contributed by atoms with E-state index < -0.39 is 76.4 Å². The van der Waals surface area contributed by atoms with Gasteiger partial charge < -0.3 is 21.3 Å². The number of hydrogen-bond donors (Lipinski definition) is 4. The Morgan fingerprint density at radius 1 is 1.08 bits per heavy atom. The molecule has 2 aromatic carbocycles. The Morgan fingerprint density at radius 3 is 2.41 bits per heavy atom. The van der Waals surface area contributed by atoms with E-state index in [2.05, 4.69) is 5.32 Å². The first kappa shape index (κ1) is 26.7. The number of carbonyl (C=O) groups excluding carboxylic acids is 6. The van der Waals surface area contributed by atoms with E-state index in [4.69, 9.17) is 17.3 Å². The van der Waals surface area contributed by atoms with E-state index in [1.165, 1.54) is 0 Å². The largest absolute Gasteiger partial charge is 0.507 e. The summed E-state index contributed by atoms with van der Waals surface area (Å²) in [5.74, 6) is -11.6. The molecule has 5 N–H and O–H groups in total. The van der Waals surface area contributed by atoms with Gasteiger partial charge in [-0.05, 0) is 41.5 Å². The predicted molar refractivity (Wildman–Crippen MR) is 137 cm³/mol. The van der Waals surface area contributed by atoms with Crippen LogP contribution in [0.2, 0.25) is 0 Å². The Bertz CT molecular complexity index is 1460. The van der Waals surface area contributed by atoms with Gasteiger partial charge in [0.15, 0.2) is 34.7 Å². The number of halogens is 1. The third-order valence-corrected chi connectivity index (χ3v) is 8.41. The van der Waals surface area contributed by atoms with Crippen LogP contribution in [0.3, 0.4) is 0 Å². The van der Waals surface area contributed by atoms with Crippen molar-refractivity contribution in [2.24, 2.45) is 29.4 Å². The van der Waals surface area contributed by atoms with Crippen molar-refractivity contribution in [2.75, 3.05) is 5.88 Å². The number of fused-ring (bicyclic) bond motifs is 3. The number of aliphatic hydroxyl groups is 1. The summed E-state index contributed by atoms with van der Waals surface area (Å²) in [6.45, 7) is -0.146. The van der Waals surface area contributed by atoms with Crippen molar-refractivity contribution in [3.63, 3.8) is 0 Å². The van der Waals surface area contributed by atoms with E-state index in [1.807, 2.05) is 18.2 Å². The molecule has 202 valence electrons. The van der Waals surface area contributed by atoms with Gasteiger partial charge in [0.1, 0.15) is 11.6 Å². The summed E-state index contributed by atoms with van der Waals surface area (Å²) in [7, 11) is 0. The maximum atomic E-state index is 13.9. The minimum absolute atomic E-state index is 0.00354. The molecule has 5 rings (SSSR count). The molecule has 2 aromatic rings. The van der Waals surface area contributed by atoms with Crippen molar-refractivity contribution >= 4 is 46.5 Å². The van der Waals surface area contributed by atoms with Gasteiger partial charge in [-0.1, -0.05) is 30.3 Å². The second kappa shape index (κ2) is 9.69. The van der Waals surface area contributed by atoms with Crippen molar-refractivity contribution in [1.82, 2.24) is 5.32 Å². The minimum atomic E-state index is -2.72. The summed E-state index contributed by atoms with van der Waals surface area (Å²) in [5.41, 5.74) is 4.42. The van der Waals surface area contributed by atoms with E-state index >= 15 is 0 Å². The first-order chi connectivity index (χ1) is 18.5. The zero-order valence-electron chi connectivity index (χ0n) is 20.6. The number of hydrogen-bond acceptors (Lipinski definition) is 8. The van der Waals surface area contributed by atoms with Crippen molar-refractivity contribution in [3.8, 4) is 16.9 Å². The highest BCUT2D eigenvalue weighted by Gasteiger charge is 2.66. The molecule has 2 fully saturated rings. The number of phenols is 1. The molecule has 5 atom stereocenters. The van der Waals surface area contributed by atoms with E-state index in [1.54, 1.807) is 18.2 Å². The number of benzene rings is 2. The first-order valence-corrected chi connectivity index (χ1v) is 13.0. The number of amides is 2. The highest BCUT2D eigenvalue weighted by atomic mass is 35.5. The minimum Gasteiger partial charge on any atom is -0.507 e. The van der Waals surface area contributed by atoms with Crippen LogP contribution in [0.25, 0.3) is 11.1 Å². The number of rotatable bonds is 5. The maximum absolute atomic E-state index is 13.9. The zero-order valence-corrected chi connectivity index (χ0v) is 21.4. The smallest absolute Gasteiger partial charge is 0.235 e. The molecular formula is C28H25ClN2O8. The molecule has 2 saturated carbocycles. The number of carbonyl (C=O) groups is 6. The van der Waals surface area contributed by atoms with Gasteiger partial charge in [0.2, 0.25) is 11.8 Å². The summed E-state index contributed by atoms with van der Waals surface area (Å²) in [6.07, 6.45) is -0.247. The Balaban J connectivity index is 1.63. The lowest BCUT2D eigenvalue weighted by Crippen LogP contribution is -2.68. The van der Waals surface area contributed by atoms with E-state index in [9.17, 15) is 39.0 Å².